The first-order valence-corrected chi connectivity index (χ1v) is 5.41. The largest absolute Gasteiger partial charge is 0.495 e. The second kappa shape index (κ2) is 6.98. The first kappa shape index (κ1) is 13.6. The van der Waals surface area contributed by atoms with Crippen LogP contribution in [0.15, 0.2) is 18.2 Å². The number of para-hydroxylation sites is 1. The highest BCUT2D eigenvalue weighted by Gasteiger charge is 2.09. The second-order valence-electron chi connectivity index (χ2n) is 3.62. The lowest BCUT2D eigenvalue weighted by atomic mass is 10.2. The van der Waals surface area contributed by atoms with E-state index in [1.807, 2.05) is 18.2 Å². The first-order valence-electron chi connectivity index (χ1n) is 5.41. The quantitative estimate of drug-likeness (QED) is 0.704. The molecule has 1 rings (SSSR count). The molecule has 0 aliphatic heterocycles. The van der Waals surface area contributed by atoms with Crippen LogP contribution < -0.4 is 15.8 Å². The molecule has 0 bridgehead atoms. The van der Waals surface area contributed by atoms with Gasteiger partial charge in [0.2, 0.25) is 0 Å². The highest BCUT2D eigenvalue weighted by atomic mass is 16.5. The number of benzene rings is 1. The predicted molar refractivity (Wildman–Crippen MR) is 68.6 cm³/mol. The Bertz CT molecular complexity index is 345. The van der Waals surface area contributed by atoms with Gasteiger partial charge >= 0.3 is 0 Å². The number of methoxy groups -OCH3 is 3. The van der Waals surface area contributed by atoms with Gasteiger partial charge in [0, 0.05) is 20.8 Å². The van der Waals surface area contributed by atoms with Gasteiger partial charge in [0.05, 0.1) is 31.2 Å². The van der Waals surface area contributed by atoms with Crippen molar-refractivity contribution in [2.75, 3.05) is 45.5 Å². The van der Waals surface area contributed by atoms with Crippen LogP contribution in [0.1, 0.15) is 0 Å². The lowest BCUT2D eigenvalue weighted by molar-refractivity contribution is 0.0366. The van der Waals surface area contributed by atoms with Crippen molar-refractivity contribution in [3.05, 3.63) is 18.2 Å². The van der Waals surface area contributed by atoms with E-state index in [1.54, 1.807) is 21.3 Å². The minimum atomic E-state index is -0.00870. The monoisotopic (exact) mass is 240 g/mol. The predicted octanol–water partition coefficient (Wildman–Crippen LogP) is 1.35. The molecular weight excluding hydrogens is 220 g/mol. The summed E-state index contributed by atoms with van der Waals surface area (Å²) in [5, 5.41) is 3.21. The fraction of sp³-hybridized carbons (Fsp3) is 0.500. The van der Waals surface area contributed by atoms with E-state index in [0.29, 0.717) is 24.6 Å². The molecule has 0 radical (unpaired) electrons. The Morgan fingerprint density at radius 2 is 2.06 bits per heavy atom. The summed E-state index contributed by atoms with van der Waals surface area (Å²) in [6.07, 6.45) is -0.00870. The molecule has 0 aromatic heterocycles. The third-order valence-electron chi connectivity index (χ3n) is 2.49. The smallest absolute Gasteiger partial charge is 0.143 e. The standard InChI is InChI=1S/C12H20N2O3/c1-15-8-9(16-2)7-14-10-5-4-6-11(17-3)12(10)13/h4-6,9,14H,7-8,13H2,1-3H3. The molecule has 0 saturated carbocycles. The fourth-order valence-electron chi connectivity index (χ4n) is 1.50. The van der Waals surface area contributed by atoms with Crippen LogP contribution in [0.3, 0.4) is 0 Å². The molecule has 96 valence electrons. The van der Waals surface area contributed by atoms with Crippen molar-refractivity contribution >= 4 is 11.4 Å². The molecule has 0 aliphatic carbocycles. The van der Waals surface area contributed by atoms with Gasteiger partial charge in [-0.3, -0.25) is 0 Å². The third-order valence-corrected chi connectivity index (χ3v) is 2.49. The summed E-state index contributed by atoms with van der Waals surface area (Å²) in [5.74, 6) is 0.663. The molecule has 1 aromatic rings. The maximum atomic E-state index is 5.94. The maximum absolute atomic E-state index is 5.94. The zero-order valence-corrected chi connectivity index (χ0v) is 10.5. The van der Waals surface area contributed by atoms with Gasteiger partial charge < -0.3 is 25.3 Å². The molecule has 3 N–H and O–H groups in total. The van der Waals surface area contributed by atoms with Gasteiger partial charge in [0.25, 0.3) is 0 Å². The molecule has 1 atom stereocenters. The van der Waals surface area contributed by atoms with Crippen molar-refractivity contribution in [1.29, 1.82) is 0 Å². The maximum Gasteiger partial charge on any atom is 0.143 e. The van der Waals surface area contributed by atoms with Gasteiger partial charge in [0.1, 0.15) is 5.75 Å². The van der Waals surface area contributed by atoms with Crippen molar-refractivity contribution in [2.24, 2.45) is 0 Å². The van der Waals surface area contributed by atoms with Crippen LogP contribution in [0.5, 0.6) is 5.75 Å². The Balaban J connectivity index is 2.62. The topological polar surface area (TPSA) is 65.7 Å². The van der Waals surface area contributed by atoms with Gasteiger partial charge in [0.15, 0.2) is 0 Å². The SMILES string of the molecule is COCC(CNc1cccc(OC)c1N)OC. The Hall–Kier alpha value is -1.46. The summed E-state index contributed by atoms with van der Waals surface area (Å²) in [6, 6.07) is 5.61. The van der Waals surface area contributed by atoms with Crippen LogP contribution >= 0.6 is 0 Å². The van der Waals surface area contributed by atoms with Crippen molar-refractivity contribution in [3.63, 3.8) is 0 Å². The zero-order valence-electron chi connectivity index (χ0n) is 10.5. The van der Waals surface area contributed by atoms with Crippen molar-refractivity contribution in [1.82, 2.24) is 0 Å². The molecule has 0 spiro atoms. The summed E-state index contributed by atoms with van der Waals surface area (Å²) in [7, 11) is 4.89. The van der Waals surface area contributed by atoms with E-state index in [9.17, 15) is 0 Å². The van der Waals surface area contributed by atoms with Gasteiger partial charge in [-0.05, 0) is 12.1 Å². The summed E-state index contributed by atoms with van der Waals surface area (Å²) < 4.78 is 15.4. The molecule has 17 heavy (non-hydrogen) atoms. The van der Waals surface area contributed by atoms with E-state index in [1.165, 1.54) is 0 Å². The number of hydrogen-bond donors (Lipinski definition) is 2. The van der Waals surface area contributed by atoms with Gasteiger partial charge in [-0.1, -0.05) is 6.07 Å². The highest BCUT2D eigenvalue weighted by Crippen LogP contribution is 2.28. The lowest BCUT2D eigenvalue weighted by Gasteiger charge is -2.17. The van der Waals surface area contributed by atoms with Crippen LogP contribution in [-0.2, 0) is 9.47 Å². The molecule has 5 heteroatoms. The van der Waals surface area contributed by atoms with Crippen molar-refractivity contribution < 1.29 is 14.2 Å². The molecule has 1 unspecified atom stereocenters. The van der Waals surface area contributed by atoms with Gasteiger partial charge in [-0.15, -0.1) is 0 Å². The average Bonchev–Trinajstić information content (AvgIpc) is 2.36. The molecule has 0 saturated heterocycles. The van der Waals surface area contributed by atoms with Crippen molar-refractivity contribution in [2.45, 2.75) is 6.10 Å². The number of nitrogens with two attached hydrogens (primary N) is 1. The van der Waals surface area contributed by atoms with Crippen LogP contribution in [0.4, 0.5) is 11.4 Å². The van der Waals surface area contributed by atoms with Crippen molar-refractivity contribution in [3.8, 4) is 5.75 Å². The van der Waals surface area contributed by atoms with Crippen LogP contribution in [0, 0.1) is 0 Å². The first-order chi connectivity index (χ1) is 8.22. The number of anilines is 2. The molecule has 5 nitrogen and oxygen atoms in total. The second-order valence-corrected chi connectivity index (χ2v) is 3.62. The van der Waals surface area contributed by atoms with E-state index in [-0.39, 0.29) is 6.10 Å². The molecule has 0 amide bonds. The summed E-state index contributed by atoms with van der Waals surface area (Å²) in [4.78, 5) is 0. The van der Waals surface area contributed by atoms with Crippen LogP contribution in [-0.4, -0.2) is 40.6 Å². The van der Waals surface area contributed by atoms with Gasteiger partial charge in [-0.2, -0.15) is 0 Å². The minimum absolute atomic E-state index is 0.00870. The van der Waals surface area contributed by atoms with E-state index in [4.69, 9.17) is 19.9 Å². The van der Waals surface area contributed by atoms with E-state index < -0.39 is 0 Å². The fourth-order valence-corrected chi connectivity index (χ4v) is 1.50. The molecule has 0 fully saturated rings. The zero-order chi connectivity index (χ0) is 12.7. The lowest BCUT2D eigenvalue weighted by Crippen LogP contribution is -2.26. The summed E-state index contributed by atoms with van der Waals surface area (Å²) in [5.41, 5.74) is 7.37. The number of ether oxygens (including phenoxy) is 3. The number of nitrogen functional groups attached to an aromatic ring is 1. The number of rotatable bonds is 7. The Morgan fingerprint density at radius 3 is 2.65 bits per heavy atom. The Kier molecular flexibility index (Phi) is 5.59. The summed E-state index contributed by atoms with van der Waals surface area (Å²) in [6.45, 7) is 1.16. The molecule has 1 aromatic carbocycles. The Morgan fingerprint density at radius 1 is 1.29 bits per heavy atom. The third kappa shape index (κ3) is 3.80. The summed E-state index contributed by atoms with van der Waals surface area (Å²) >= 11 is 0. The minimum Gasteiger partial charge on any atom is -0.495 e. The number of nitrogens with one attached hydrogen (secondary N) is 1. The van der Waals surface area contributed by atoms with Crippen LogP contribution in [0.25, 0.3) is 0 Å². The Labute approximate surface area is 102 Å². The molecule has 0 aliphatic rings. The van der Waals surface area contributed by atoms with E-state index >= 15 is 0 Å². The molecular formula is C12H20N2O3. The highest BCUT2D eigenvalue weighted by molar-refractivity contribution is 5.72. The molecule has 0 heterocycles. The van der Waals surface area contributed by atoms with Crippen LogP contribution in [0.2, 0.25) is 0 Å². The van der Waals surface area contributed by atoms with E-state index in [2.05, 4.69) is 5.32 Å². The number of hydrogen-bond acceptors (Lipinski definition) is 5. The normalized spacial score (nSPS) is 12.2. The van der Waals surface area contributed by atoms with Gasteiger partial charge in [-0.25, -0.2) is 0 Å². The average molecular weight is 240 g/mol. The van der Waals surface area contributed by atoms with E-state index in [0.717, 1.165) is 5.69 Å².